The molecule has 136 valence electrons. The highest BCUT2D eigenvalue weighted by Crippen LogP contribution is 2.44. The molecular formula is C17H16N2O6S. The fourth-order valence-electron chi connectivity index (χ4n) is 2.64. The zero-order chi connectivity index (χ0) is 18.8. The predicted molar refractivity (Wildman–Crippen MR) is 97.5 cm³/mol. The standard InChI is InChI=1S/C17H16N2O6S/c1-4-24-11-7-9-6-10-8-12(17(20)23-3)26-16(10)18-13(9)14(19(21)22)15(11)25-5-2/h6-8H,4-5H2,1-3H3. The summed E-state index contributed by atoms with van der Waals surface area (Å²) in [6.45, 7) is 4.11. The topological polar surface area (TPSA) is 101 Å². The van der Waals surface area contributed by atoms with Crippen LogP contribution >= 0.6 is 11.3 Å². The number of rotatable bonds is 6. The number of pyridine rings is 1. The van der Waals surface area contributed by atoms with E-state index in [1.165, 1.54) is 7.11 Å². The molecular weight excluding hydrogens is 360 g/mol. The van der Waals surface area contributed by atoms with Crippen LogP contribution in [0, 0.1) is 10.1 Å². The molecule has 8 nitrogen and oxygen atoms in total. The van der Waals surface area contributed by atoms with Crippen LogP contribution in [0.25, 0.3) is 21.1 Å². The number of thiophene rings is 1. The van der Waals surface area contributed by atoms with Crippen LogP contribution in [0.3, 0.4) is 0 Å². The molecule has 3 aromatic rings. The number of fused-ring (bicyclic) bond motifs is 2. The van der Waals surface area contributed by atoms with Gasteiger partial charge in [0.05, 0.1) is 25.2 Å². The average Bonchev–Trinajstić information content (AvgIpc) is 3.02. The highest BCUT2D eigenvalue weighted by Gasteiger charge is 2.27. The van der Waals surface area contributed by atoms with Crippen molar-refractivity contribution in [3.05, 3.63) is 33.2 Å². The largest absolute Gasteiger partial charge is 0.490 e. The maximum absolute atomic E-state index is 11.7. The van der Waals surface area contributed by atoms with E-state index in [0.717, 1.165) is 11.3 Å². The molecule has 2 aromatic heterocycles. The van der Waals surface area contributed by atoms with Gasteiger partial charge in [-0.3, -0.25) is 10.1 Å². The van der Waals surface area contributed by atoms with Gasteiger partial charge in [-0.1, -0.05) is 0 Å². The summed E-state index contributed by atoms with van der Waals surface area (Å²) in [5.41, 5.74) is -0.0598. The number of nitro benzene ring substituents is 1. The molecule has 0 amide bonds. The van der Waals surface area contributed by atoms with Gasteiger partial charge in [-0.15, -0.1) is 11.3 Å². The molecule has 0 N–H and O–H groups in total. The molecule has 0 saturated carbocycles. The lowest BCUT2D eigenvalue weighted by Gasteiger charge is -2.12. The number of aromatic nitrogens is 1. The molecule has 3 rings (SSSR count). The quantitative estimate of drug-likeness (QED) is 0.365. The molecule has 9 heteroatoms. The number of esters is 1. The summed E-state index contributed by atoms with van der Waals surface area (Å²) in [6, 6.07) is 5.06. The Balaban J connectivity index is 2.35. The van der Waals surface area contributed by atoms with E-state index in [1.54, 1.807) is 32.0 Å². The SMILES string of the molecule is CCOc1cc2cc3cc(C(=O)OC)sc3nc2c([N+](=O)[O-])c1OCC. The number of methoxy groups -OCH3 is 1. The van der Waals surface area contributed by atoms with Crippen molar-refractivity contribution >= 4 is 44.1 Å². The molecule has 0 radical (unpaired) electrons. The second-order valence-corrected chi connectivity index (χ2v) is 6.26. The third-order valence-corrected chi connectivity index (χ3v) is 4.67. The van der Waals surface area contributed by atoms with Crippen LogP contribution < -0.4 is 9.47 Å². The van der Waals surface area contributed by atoms with Gasteiger partial charge in [0.25, 0.3) is 0 Å². The number of hydrogen-bond acceptors (Lipinski definition) is 8. The lowest BCUT2D eigenvalue weighted by atomic mass is 10.1. The maximum atomic E-state index is 11.7. The lowest BCUT2D eigenvalue weighted by molar-refractivity contribution is -0.384. The molecule has 1 aromatic carbocycles. The van der Waals surface area contributed by atoms with Gasteiger partial charge in [-0.05, 0) is 32.0 Å². The normalized spacial score (nSPS) is 10.9. The molecule has 0 aliphatic rings. The van der Waals surface area contributed by atoms with Crippen molar-refractivity contribution in [1.82, 2.24) is 4.98 Å². The van der Waals surface area contributed by atoms with E-state index >= 15 is 0 Å². The Bertz CT molecular complexity index is 1010. The van der Waals surface area contributed by atoms with Crippen LogP contribution in [-0.4, -0.2) is 36.2 Å². The van der Waals surface area contributed by atoms with Crippen molar-refractivity contribution in [2.24, 2.45) is 0 Å². The van der Waals surface area contributed by atoms with Gasteiger partial charge in [-0.25, -0.2) is 9.78 Å². The molecule has 2 heterocycles. The Morgan fingerprint density at radius 1 is 1.19 bits per heavy atom. The van der Waals surface area contributed by atoms with E-state index in [9.17, 15) is 14.9 Å². The highest BCUT2D eigenvalue weighted by atomic mass is 32.1. The fourth-order valence-corrected chi connectivity index (χ4v) is 3.57. The Labute approximate surface area is 152 Å². The van der Waals surface area contributed by atoms with E-state index in [4.69, 9.17) is 14.2 Å². The van der Waals surface area contributed by atoms with E-state index < -0.39 is 10.9 Å². The van der Waals surface area contributed by atoms with Gasteiger partial charge in [0, 0.05) is 10.8 Å². The van der Waals surface area contributed by atoms with Gasteiger partial charge in [-0.2, -0.15) is 0 Å². The van der Waals surface area contributed by atoms with Gasteiger partial charge >= 0.3 is 11.7 Å². The van der Waals surface area contributed by atoms with E-state index in [-0.39, 0.29) is 29.3 Å². The monoisotopic (exact) mass is 376 g/mol. The number of hydrogen-bond donors (Lipinski definition) is 0. The van der Waals surface area contributed by atoms with Crippen LogP contribution in [0.15, 0.2) is 18.2 Å². The molecule has 0 fully saturated rings. The number of carbonyl (C=O) groups is 1. The first-order valence-electron chi connectivity index (χ1n) is 7.89. The van der Waals surface area contributed by atoms with Gasteiger partial charge in [0.1, 0.15) is 9.71 Å². The zero-order valence-corrected chi connectivity index (χ0v) is 15.2. The zero-order valence-electron chi connectivity index (χ0n) is 14.4. The maximum Gasteiger partial charge on any atom is 0.348 e. The molecule has 0 spiro atoms. The summed E-state index contributed by atoms with van der Waals surface area (Å²) in [4.78, 5) is 28.2. The van der Waals surface area contributed by atoms with Crippen molar-refractivity contribution in [1.29, 1.82) is 0 Å². The summed E-state index contributed by atoms with van der Waals surface area (Å²) in [7, 11) is 1.30. The van der Waals surface area contributed by atoms with Crippen LogP contribution in [0.4, 0.5) is 5.69 Å². The minimum atomic E-state index is -0.524. The van der Waals surface area contributed by atoms with Crippen LogP contribution in [0.2, 0.25) is 0 Å². The van der Waals surface area contributed by atoms with Crippen molar-refractivity contribution in [2.45, 2.75) is 13.8 Å². The van der Waals surface area contributed by atoms with Crippen LogP contribution in [0.5, 0.6) is 11.5 Å². The smallest absolute Gasteiger partial charge is 0.348 e. The first kappa shape index (κ1) is 17.9. The molecule has 0 aliphatic heterocycles. The van der Waals surface area contributed by atoms with Crippen molar-refractivity contribution < 1.29 is 23.9 Å². The predicted octanol–water partition coefficient (Wildman–Crippen LogP) is 3.94. The summed E-state index contributed by atoms with van der Waals surface area (Å²) in [5.74, 6) is -0.127. The number of nitro groups is 1. The van der Waals surface area contributed by atoms with Crippen molar-refractivity contribution in [3.8, 4) is 11.5 Å². The minimum absolute atomic E-state index is 0.0587. The molecule has 0 atom stereocenters. The van der Waals surface area contributed by atoms with Crippen molar-refractivity contribution in [3.63, 3.8) is 0 Å². The Kier molecular flexibility index (Phi) is 4.90. The Hall–Kier alpha value is -2.94. The highest BCUT2D eigenvalue weighted by molar-refractivity contribution is 7.20. The van der Waals surface area contributed by atoms with Crippen LogP contribution in [-0.2, 0) is 4.74 Å². The minimum Gasteiger partial charge on any atom is -0.490 e. The first-order valence-corrected chi connectivity index (χ1v) is 8.71. The van der Waals surface area contributed by atoms with Crippen LogP contribution in [0.1, 0.15) is 23.5 Å². The second kappa shape index (κ2) is 7.12. The summed E-state index contributed by atoms with van der Waals surface area (Å²) >= 11 is 1.12. The molecule has 0 saturated heterocycles. The average molecular weight is 376 g/mol. The third-order valence-electron chi connectivity index (χ3n) is 3.65. The number of ether oxygens (including phenoxy) is 3. The molecule has 0 unspecified atom stereocenters. The van der Waals surface area contributed by atoms with E-state index in [1.807, 2.05) is 0 Å². The Morgan fingerprint density at radius 2 is 1.92 bits per heavy atom. The number of benzene rings is 1. The van der Waals surface area contributed by atoms with Gasteiger partial charge < -0.3 is 14.2 Å². The summed E-state index contributed by atoms with van der Waals surface area (Å²) in [6.07, 6.45) is 0. The number of carbonyl (C=O) groups excluding carboxylic acids is 1. The van der Waals surface area contributed by atoms with E-state index in [2.05, 4.69) is 4.98 Å². The third kappa shape index (κ3) is 3.01. The van der Waals surface area contributed by atoms with Crippen molar-refractivity contribution in [2.75, 3.05) is 20.3 Å². The Morgan fingerprint density at radius 3 is 2.54 bits per heavy atom. The first-order chi connectivity index (χ1) is 12.5. The summed E-state index contributed by atoms with van der Waals surface area (Å²) < 4.78 is 15.7. The molecule has 0 bridgehead atoms. The molecule has 26 heavy (non-hydrogen) atoms. The molecule has 0 aliphatic carbocycles. The summed E-state index contributed by atoms with van der Waals surface area (Å²) in [5, 5.41) is 13.0. The fraction of sp³-hybridized carbons (Fsp3) is 0.294. The van der Waals surface area contributed by atoms with Gasteiger partial charge in [0.15, 0.2) is 11.3 Å². The van der Waals surface area contributed by atoms with Gasteiger partial charge in [0.2, 0.25) is 5.75 Å². The number of nitrogens with zero attached hydrogens (tertiary/aromatic N) is 2. The lowest BCUT2D eigenvalue weighted by Crippen LogP contribution is -2.03. The second-order valence-electron chi connectivity index (χ2n) is 5.23. The van der Waals surface area contributed by atoms with E-state index in [0.29, 0.717) is 27.1 Å².